The van der Waals surface area contributed by atoms with E-state index in [9.17, 15) is 4.79 Å². The monoisotopic (exact) mass is 285 g/mol. The zero-order chi connectivity index (χ0) is 15.4. The van der Waals surface area contributed by atoms with Crippen LogP contribution in [0.1, 0.15) is 10.4 Å². The van der Waals surface area contributed by atoms with Crippen LogP contribution in [-0.2, 0) is 0 Å². The Labute approximate surface area is 124 Å². The van der Waals surface area contributed by atoms with Gasteiger partial charge in [-0.2, -0.15) is 0 Å². The molecule has 110 valence electrons. The highest BCUT2D eigenvalue weighted by Gasteiger charge is 2.09. The lowest BCUT2D eigenvalue weighted by molar-refractivity contribution is 0.102. The van der Waals surface area contributed by atoms with Crippen molar-refractivity contribution in [3.05, 3.63) is 48.0 Å². The Kier molecular flexibility index (Phi) is 4.33. The summed E-state index contributed by atoms with van der Waals surface area (Å²) >= 11 is 0. The number of anilines is 3. The average Bonchev–Trinajstić information content (AvgIpc) is 2.47. The fraction of sp³-hybridized carbons (Fsp3) is 0.188. The molecule has 0 unspecified atom stereocenters. The second kappa shape index (κ2) is 6.17. The number of amides is 1. The number of hydrogen-bond donors (Lipinski definition) is 2. The number of carbonyl (C=O) groups excluding carboxylic acids is 1. The van der Waals surface area contributed by atoms with E-state index in [-0.39, 0.29) is 5.91 Å². The van der Waals surface area contributed by atoms with Gasteiger partial charge < -0.3 is 20.7 Å². The molecule has 3 N–H and O–H groups in total. The van der Waals surface area contributed by atoms with Crippen LogP contribution in [-0.4, -0.2) is 27.1 Å². The summed E-state index contributed by atoms with van der Waals surface area (Å²) in [4.78, 5) is 14.2. The molecule has 0 atom stereocenters. The van der Waals surface area contributed by atoms with Gasteiger partial charge >= 0.3 is 0 Å². The average molecular weight is 285 g/mol. The summed E-state index contributed by atoms with van der Waals surface area (Å²) in [7, 11) is 5.47. The highest BCUT2D eigenvalue weighted by Crippen LogP contribution is 2.23. The van der Waals surface area contributed by atoms with E-state index >= 15 is 0 Å². The van der Waals surface area contributed by atoms with Gasteiger partial charge in [-0.15, -0.1) is 0 Å². The molecule has 0 aliphatic rings. The van der Waals surface area contributed by atoms with Crippen LogP contribution in [0.5, 0.6) is 5.75 Å². The topological polar surface area (TPSA) is 67.6 Å². The molecule has 2 rings (SSSR count). The molecule has 0 saturated carbocycles. The van der Waals surface area contributed by atoms with Crippen molar-refractivity contribution in [2.75, 3.05) is 37.2 Å². The van der Waals surface area contributed by atoms with Crippen LogP contribution in [0.3, 0.4) is 0 Å². The molecule has 2 aromatic rings. The first-order chi connectivity index (χ1) is 10.0. The summed E-state index contributed by atoms with van der Waals surface area (Å²) in [6, 6.07) is 12.6. The molecule has 5 heteroatoms. The van der Waals surface area contributed by atoms with E-state index in [0.29, 0.717) is 17.0 Å². The summed E-state index contributed by atoms with van der Waals surface area (Å²) in [5.74, 6) is 0.351. The third-order valence-electron chi connectivity index (χ3n) is 3.13. The number of nitrogen functional groups attached to an aromatic ring is 1. The lowest BCUT2D eigenvalue weighted by atomic mass is 10.1. The maximum atomic E-state index is 12.2. The van der Waals surface area contributed by atoms with Gasteiger partial charge in [0.05, 0.1) is 12.8 Å². The Hall–Kier alpha value is -2.69. The number of hydrogen-bond acceptors (Lipinski definition) is 4. The fourth-order valence-electron chi connectivity index (χ4n) is 1.92. The zero-order valence-electron chi connectivity index (χ0n) is 12.4. The number of nitrogens with zero attached hydrogens (tertiary/aromatic N) is 1. The van der Waals surface area contributed by atoms with Gasteiger partial charge in [-0.3, -0.25) is 4.79 Å². The van der Waals surface area contributed by atoms with Crippen molar-refractivity contribution in [3.63, 3.8) is 0 Å². The zero-order valence-corrected chi connectivity index (χ0v) is 12.4. The van der Waals surface area contributed by atoms with Crippen molar-refractivity contribution in [3.8, 4) is 5.75 Å². The summed E-state index contributed by atoms with van der Waals surface area (Å²) in [5, 5.41) is 2.84. The molecule has 0 aliphatic carbocycles. The van der Waals surface area contributed by atoms with E-state index in [4.69, 9.17) is 10.5 Å². The molecule has 0 aliphatic heterocycles. The minimum absolute atomic E-state index is 0.207. The molecular formula is C16H19N3O2. The lowest BCUT2D eigenvalue weighted by Crippen LogP contribution is -2.13. The van der Waals surface area contributed by atoms with Crippen molar-refractivity contribution in [2.24, 2.45) is 0 Å². The molecule has 0 fully saturated rings. The van der Waals surface area contributed by atoms with Gasteiger partial charge in [-0.25, -0.2) is 0 Å². The van der Waals surface area contributed by atoms with Gasteiger partial charge in [0.1, 0.15) is 5.75 Å². The summed E-state index contributed by atoms with van der Waals surface area (Å²) in [6.07, 6.45) is 0. The van der Waals surface area contributed by atoms with E-state index in [2.05, 4.69) is 5.32 Å². The number of nitrogens with two attached hydrogens (primary N) is 1. The van der Waals surface area contributed by atoms with Crippen LogP contribution >= 0.6 is 0 Å². The van der Waals surface area contributed by atoms with E-state index in [1.165, 1.54) is 7.11 Å². The first kappa shape index (κ1) is 14.7. The first-order valence-electron chi connectivity index (χ1n) is 6.53. The maximum Gasteiger partial charge on any atom is 0.255 e. The van der Waals surface area contributed by atoms with Crippen molar-refractivity contribution in [1.82, 2.24) is 0 Å². The maximum absolute atomic E-state index is 12.2. The van der Waals surface area contributed by atoms with Crippen molar-refractivity contribution in [1.29, 1.82) is 0 Å². The number of methoxy groups -OCH3 is 1. The Balaban J connectivity index is 2.12. The van der Waals surface area contributed by atoms with E-state index < -0.39 is 0 Å². The van der Waals surface area contributed by atoms with Gasteiger partial charge in [-0.1, -0.05) is 0 Å². The lowest BCUT2D eigenvalue weighted by Gasteiger charge is -2.13. The Morgan fingerprint density at radius 1 is 1.14 bits per heavy atom. The smallest absolute Gasteiger partial charge is 0.255 e. The number of ether oxygens (including phenoxy) is 1. The standard InChI is InChI=1S/C16H19N3O2/c1-19(2)13-7-5-12(6-8-13)18-16(20)11-4-9-15(21-3)14(17)10-11/h4-10H,17H2,1-3H3,(H,18,20). The van der Waals surface area contributed by atoms with E-state index in [1.807, 2.05) is 43.3 Å². The molecule has 0 bridgehead atoms. The van der Waals surface area contributed by atoms with Crippen LogP contribution in [0.2, 0.25) is 0 Å². The molecule has 2 aromatic carbocycles. The second-order valence-electron chi connectivity index (χ2n) is 4.85. The third-order valence-corrected chi connectivity index (χ3v) is 3.13. The molecule has 21 heavy (non-hydrogen) atoms. The highest BCUT2D eigenvalue weighted by atomic mass is 16.5. The molecule has 0 heterocycles. The Morgan fingerprint density at radius 3 is 2.33 bits per heavy atom. The van der Waals surface area contributed by atoms with Crippen LogP contribution in [0.4, 0.5) is 17.1 Å². The molecular weight excluding hydrogens is 266 g/mol. The predicted molar refractivity (Wildman–Crippen MR) is 86.1 cm³/mol. The highest BCUT2D eigenvalue weighted by molar-refractivity contribution is 6.05. The van der Waals surface area contributed by atoms with E-state index in [1.54, 1.807) is 18.2 Å². The van der Waals surface area contributed by atoms with Gasteiger partial charge in [0, 0.05) is 31.0 Å². The first-order valence-corrected chi connectivity index (χ1v) is 6.53. The van der Waals surface area contributed by atoms with Crippen molar-refractivity contribution in [2.45, 2.75) is 0 Å². The summed E-state index contributed by atoms with van der Waals surface area (Å²) < 4.78 is 5.07. The molecule has 0 saturated heterocycles. The normalized spacial score (nSPS) is 10.0. The number of benzene rings is 2. The van der Waals surface area contributed by atoms with Crippen molar-refractivity contribution < 1.29 is 9.53 Å². The van der Waals surface area contributed by atoms with Gasteiger partial charge in [0.25, 0.3) is 5.91 Å². The molecule has 0 aromatic heterocycles. The molecule has 1 amide bonds. The summed E-state index contributed by atoms with van der Waals surface area (Å²) in [6.45, 7) is 0. The van der Waals surface area contributed by atoms with E-state index in [0.717, 1.165) is 11.4 Å². The van der Waals surface area contributed by atoms with Gasteiger partial charge in [-0.05, 0) is 42.5 Å². The minimum atomic E-state index is -0.207. The SMILES string of the molecule is COc1ccc(C(=O)Nc2ccc(N(C)C)cc2)cc1N. The van der Waals surface area contributed by atoms with Gasteiger partial charge in [0.2, 0.25) is 0 Å². The third kappa shape index (κ3) is 3.45. The van der Waals surface area contributed by atoms with Crippen LogP contribution in [0, 0.1) is 0 Å². The minimum Gasteiger partial charge on any atom is -0.495 e. The Morgan fingerprint density at radius 2 is 1.81 bits per heavy atom. The fourth-order valence-corrected chi connectivity index (χ4v) is 1.92. The number of carbonyl (C=O) groups is 1. The van der Waals surface area contributed by atoms with Crippen LogP contribution in [0.15, 0.2) is 42.5 Å². The number of rotatable bonds is 4. The van der Waals surface area contributed by atoms with Crippen molar-refractivity contribution >= 4 is 23.0 Å². The predicted octanol–water partition coefficient (Wildman–Crippen LogP) is 2.60. The largest absolute Gasteiger partial charge is 0.495 e. The second-order valence-corrected chi connectivity index (χ2v) is 4.85. The summed E-state index contributed by atoms with van der Waals surface area (Å²) in [5.41, 5.74) is 8.54. The molecule has 0 radical (unpaired) electrons. The van der Waals surface area contributed by atoms with Gasteiger partial charge in [0.15, 0.2) is 0 Å². The Bertz CT molecular complexity index is 636. The molecule has 0 spiro atoms. The van der Waals surface area contributed by atoms with Crippen LogP contribution in [0.25, 0.3) is 0 Å². The van der Waals surface area contributed by atoms with Crippen LogP contribution < -0.4 is 20.7 Å². The molecule has 5 nitrogen and oxygen atoms in total. The number of nitrogens with one attached hydrogen (secondary N) is 1. The quantitative estimate of drug-likeness (QED) is 0.847.